The Labute approximate surface area is 147 Å². The molecular weight excluding hydrogens is 318 g/mol. The number of hydrogen-bond donors (Lipinski definition) is 1. The van der Waals surface area contributed by atoms with E-state index in [-0.39, 0.29) is 11.8 Å². The molecule has 0 unspecified atom stereocenters. The van der Waals surface area contributed by atoms with E-state index in [1.54, 1.807) is 0 Å². The molecule has 132 valence electrons. The Morgan fingerprint density at radius 1 is 0.920 bits per heavy atom. The third kappa shape index (κ3) is 4.86. The van der Waals surface area contributed by atoms with E-state index in [2.05, 4.69) is 4.98 Å². The second-order valence-corrected chi connectivity index (χ2v) is 6.05. The van der Waals surface area contributed by atoms with Crippen LogP contribution >= 0.6 is 0 Å². The van der Waals surface area contributed by atoms with E-state index in [4.69, 9.17) is 4.74 Å². The SMILES string of the molecule is O=C(CCOc1ccccc1)N1CCN(C(=O)Cc2ccc[nH]2)CC1. The van der Waals surface area contributed by atoms with Crippen LogP contribution in [0.25, 0.3) is 0 Å². The standard InChI is InChI=1S/C19H23N3O3/c23-18(8-14-25-17-6-2-1-3-7-17)21-10-12-22(13-11-21)19(24)15-16-5-4-9-20-16/h1-7,9,20H,8,10-15H2. The van der Waals surface area contributed by atoms with Gasteiger partial charge < -0.3 is 19.5 Å². The minimum atomic E-state index is 0.0763. The molecule has 0 saturated carbocycles. The smallest absolute Gasteiger partial charge is 0.228 e. The Kier molecular flexibility index (Phi) is 5.72. The monoisotopic (exact) mass is 341 g/mol. The van der Waals surface area contributed by atoms with Gasteiger partial charge in [0.05, 0.1) is 19.4 Å². The highest BCUT2D eigenvalue weighted by atomic mass is 16.5. The van der Waals surface area contributed by atoms with E-state index in [1.807, 2.05) is 58.5 Å². The van der Waals surface area contributed by atoms with Crippen LogP contribution in [0.1, 0.15) is 12.1 Å². The number of rotatable bonds is 6. The molecule has 0 spiro atoms. The Morgan fingerprint density at radius 3 is 2.24 bits per heavy atom. The van der Waals surface area contributed by atoms with Crippen LogP contribution in [-0.4, -0.2) is 59.4 Å². The second-order valence-electron chi connectivity index (χ2n) is 6.05. The lowest BCUT2D eigenvalue weighted by atomic mass is 10.2. The molecule has 1 aromatic carbocycles. The highest BCUT2D eigenvalue weighted by Gasteiger charge is 2.24. The molecule has 1 aromatic heterocycles. The van der Waals surface area contributed by atoms with Crippen LogP contribution in [0.5, 0.6) is 5.75 Å². The number of carbonyl (C=O) groups excluding carboxylic acids is 2. The molecule has 1 N–H and O–H groups in total. The number of nitrogens with zero attached hydrogens (tertiary/aromatic N) is 2. The molecule has 3 rings (SSSR count). The highest BCUT2D eigenvalue weighted by Crippen LogP contribution is 2.10. The molecule has 0 radical (unpaired) electrons. The lowest BCUT2D eigenvalue weighted by Crippen LogP contribution is -2.51. The summed E-state index contributed by atoms with van der Waals surface area (Å²) in [7, 11) is 0. The van der Waals surface area contributed by atoms with E-state index in [9.17, 15) is 9.59 Å². The van der Waals surface area contributed by atoms with Crippen molar-refractivity contribution < 1.29 is 14.3 Å². The molecule has 2 amide bonds. The fraction of sp³-hybridized carbons (Fsp3) is 0.368. The summed E-state index contributed by atoms with van der Waals surface area (Å²) in [6.45, 7) is 2.71. The van der Waals surface area contributed by atoms with Crippen molar-refractivity contribution in [3.63, 3.8) is 0 Å². The van der Waals surface area contributed by atoms with E-state index >= 15 is 0 Å². The summed E-state index contributed by atoms with van der Waals surface area (Å²) in [6.07, 6.45) is 2.55. The first-order chi connectivity index (χ1) is 12.2. The van der Waals surface area contributed by atoms with Gasteiger partial charge in [-0.2, -0.15) is 0 Å². The van der Waals surface area contributed by atoms with E-state index in [0.717, 1.165) is 11.4 Å². The number of aromatic amines is 1. The normalized spacial score (nSPS) is 14.4. The number of ether oxygens (including phenoxy) is 1. The zero-order chi connectivity index (χ0) is 17.5. The Bertz CT molecular complexity index is 677. The topological polar surface area (TPSA) is 65.6 Å². The molecule has 0 aliphatic carbocycles. The number of nitrogens with one attached hydrogen (secondary N) is 1. The van der Waals surface area contributed by atoms with Gasteiger partial charge in [0, 0.05) is 38.1 Å². The molecule has 25 heavy (non-hydrogen) atoms. The Morgan fingerprint density at radius 2 is 1.60 bits per heavy atom. The maximum Gasteiger partial charge on any atom is 0.228 e. The quantitative estimate of drug-likeness (QED) is 0.870. The van der Waals surface area contributed by atoms with Gasteiger partial charge in [0.15, 0.2) is 0 Å². The Hall–Kier alpha value is -2.76. The van der Waals surface area contributed by atoms with E-state index in [1.165, 1.54) is 0 Å². The predicted molar refractivity (Wildman–Crippen MR) is 94.2 cm³/mol. The summed E-state index contributed by atoms with van der Waals surface area (Å²) in [6, 6.07) is 13.3. The number of aromatic nitrogens is 1. The molecule has 1 aliphatic rings. The second kappa shape index (κ2) is 8.37. The number of piperazine rings is 1. The molecule has 0 bridgehead atoms. The summed E-state index contributed by atoms with van der Waals surface area (Å²) in [5.41, 5.74) is 0.918. The van der Waals surface area contributed by atoms with Gasteiger partial charge in [-0.15, -0.1) is 0 Å². The largest absolute Gasteiger partial charge is 0.493 e. The molecule has 2 aromatic rings. The molecule has 1 saturated heterocycles. The summed E-state index contributed by atoms with van der Waals surface area (Å²) in [5.74, 6) is 0.949. The zero-order valence-electron chi connectivity index (χ0n) is 14.2. The first-order valence-electron chi connectivity index (χ1n) is 8.58. The van der Waals surface area contributed by atoms with Crippen molar-refractivity contribution in [2.75, 3.05) is 32.8 Å². The molecule has 6 heteroatoms. The number of benzene rings is 1. The van der Waals surface area contributed by atoms with Crippen LogP contribution in [0.15, 0.2) is 48.7 Å². The van der Waals surface area contributed by atoms with E-state index < -0.39 is 0 Å². The average Bonchev–Trinajstić information content (AvgIpc) is 3.15. The third-order valence-corrected chi connectivity index (χ3v) is 4.32. The van der Waals surface area contributed by atoms with Gasteiger partial charge in [0.25, 0.3) is 0 Å². The molecular formula is C19H23N3O3. The number of amides is 2. The number of carbonyl (C=O) groups is 2. The first-order valence-corrected chi connectivity index (χ1v) is 8.58. The fourth-order valence-electron chi connectivity index (χ4n) is 2.89. The van der Waals surface area contributed by atoms with Crippen molar-refractivity contribution in [3.05, 3.63) is 54.4 Å². The van der Waals surface area contributed by atoms with Crippen LogP contribution < -0.4 is 4.74 Å². The zero-order valence-corrected chi connectivity index (χ0v) is 14.2. The van der Waals surface area contributed by atoms with Gasteiger partial charge in [-0.3, -0.25) is 9.59 Å². The van der Waals surface area contributed by atoms with Gasteiger partial charge >= 0.3 is 0 Å². The van der Waals surface area contributed by atoms with Crippen molar-refractivity contribution in [2.45, 2.75) is 12.8 Å². The fourth-order valence-corrected chi connectivity index (χ4v) is 2.89. The van der Waals surface area contributed by atoms with Crippen molar-refractivity contribution in [2.24, 2.45) is 0 Å². The number of hydrogen-bond acceptors (Lipinski definition) is 3. The first kappa shape index (κ1) is 17.1. The number of H-pyrrole nitrogens is 1. The lowest BCUT2D eigenvalue weighted by molar-refractivity contribution is -0.139. The van der Waals surface area contributed by atoms with Gasteiger partial charge in [0.2, 0.25) is 11.8 Å². The predicted octanol–water partition coefficient (Wildman–Crippen LogP) is 1.70. The van der Waals surface area contributed by atoms with Crippen molar-refractivity contribution in [1.82, 2.24) is 14.8 Å². The van der Waals surface area contributed by atoms with Crippen LogP contribution in [0.4, 0.5) is 0 Å². The third-order valence-electron chi connectivity index (χ3n) is 4.32. The van der Waals surface area contributed by atoms with Gasteiger partial charge in [-0.05, 0) is 24.3 Å². The van der Waals surface area contributed by atoms with Gasteiger partial charge in [0.1, 0.15) is 5.75 Å². The van der Waals surface area contributed by atoms with Crippen molar-refractivity contribution in [3.8, 4) is 5.75 Å². The maximum atomic E-state index is 12.3. The summed E-state index contributed by atoms with van der Waals surface area (Å²) in [5, 5.41) is 0. The van der Waals surface area contributed by atoms with Crippen LogP contribution in [0.3, 0.4) is 0 Å². The minimum absolute atomic E-state index is 0.0763. The molecule has 2 heterocycles. The van der Waals surface area contributed by atoms with Crippen LogP contribution in [-0.2, 0) is 16.0 Å². The summed E-state index contributed by atoms with van der Waals surface area (Å²) in [4.78, 5) is 31.2. The minimum Gasteiger partial charge on any atom is -0.493 e. The van der Waals surface area contributed by atoms with Gasteiger partial charge in [-0.25, -0.2) is 0 Å². The molecule has 6 nitrogen and oxygen atoms in total. The molecule has 0 atom stereocenters. The van der Waals surface area contributed by atoms with Crippen molar-refractivity contribution in [1.29, 1.82) is 0 Å². The van der Waals surface area contributed by atoms with Crippen LogP contribution in [0, 0.1) is 0 Å². The summed E-state index contributed by atoms with van der Waals surface area (Å²) < 4.78 is 5.57. The molecule has 1 aliphatic heterocycles. The number of para-hydroxylation sites is 1. The van der Waals surface area contributed by atoms with E-state index in [0.29, 0.717) is 45.6 Å². The Balaban J connectivity index is 1.38. The summed E-state index contributed by atoms with van der Waals surface area (Å²) >= 11 is 0. The maximum absolute atomic E-state index is 12.3. The molecule has 1 fully saturated rings. The van der Waals surface area contributed by atoms with Crippen molar-refractivity contribution >= 4 is 11.8 Å². The highest BCUT2D eigenvalue weighted by molar-refractivity contribution is 5.79. The van der Waals surface area contributed by atoms with Crippen LogP contribution in [0.2, 0.25) is 0 Å². The average molecular weight is 341 g/mol. The van der Waals surface area contributed by atoms with Gasteiger partial charge in [-0.1, -0.05) is 18.2 Å². The lowest BCUT2D eigenvalue weighted by Gasteiger charge is -2.34.